The first kappa shape index (κ1) is 18.2. The number of hydrogen-bond donors (Lipinski definition) is 3. The minimum Gasteiger partial charge on any atom is -0.394 e. The number of rotatable bonds is 7. The van der Waals surface area contributed by atoms with Crippen LogP contribution in [0.2, 0.25) is 0 Å². The highest BCUT2D eigenvalue weighted by atomic mass is 16.5. The number of hydrogen-bond acceptors (Lipinski definition) is 5. The van der Waals surface area contributed by atoms with Gasteiger partial charge < -0.3 is 25.6 Å². The van der Waals surface area contributed by atoms with Gasteiger partial charge in [0.15, 0.2) is 0 Å². The van der Waals surface area contributed by atoms with E-state index in [1.165, 1.54) is 0 Å². The molecular formula is C11H28N2O3. The Morgan fingerprint density at radius 3 is 2.12 bits per heavy atom. The van der Waals surface area contributed by atoms with Crippen LogP contribution in [0.3, 0.4) is 0 Å². The van der Waals surface area contributed by atoms with Gasteiger partial charge in [-0.25, -0.2) is 0 Å². The van der Waals surface area contributed by atoms with Crippen LogP contribution in [0, 0.1) is 0 Å². The average molecular weight is 236 g/mol. The minimum absolute atomic E-state index is 0.00667. The van der Waals surface area contributed by atoms with E-state index in [0.29, 0.717) is 6.61 Å². The maximum atomic E-state index is 8.69. The Morgan fingerprint density at radius 1 is 1.31 bits per heavy atom. The van der Waals surface area contributed by atoms with E-state index < -0.39 is 6.10 Å². The number of nitrogens with zero attached hydrogens (tertiary/aromatic N) is 1. The molecule has 0 bridgehead atoms. The fourth-order valence-electron chi connectivity index (χ4n) is 0.764. The molecule has 0 spiro atoms. The van der Waals surface area contributed by atoms with Crippen molar-refractivity contribution < 1.29 is 14.9 Å². The lowest BCUT2D eigenvalue weighted by Crippen LogP contribution is -2.19. The van der Waals surface area contributed by atoms with E-state index in [4.69, 9.17) is 20.7 Å². The van der Waals surface area contributed by atoms with Crippen LogP contribution < -0.4 is 5.73 Å². The summed E-state index contributed by atoms with van der Waals surface area (Å²) in [4.78, 5) is 2.13. The summed E-state index contributed by atoms with van der Waals surface area (Å²) in [5.74, 6) is 0. The van der Waals surface area contributed by atoms with E-state index in [9.17, 15) is 0 Å². The molecule has 0 amide bonds. The van der Waals surface area contributed by atoms with Gasteiger partial charge in [-0.3, -0.25) is 0 Å². The van der Waals surface area contributed by atoms with Crippen molar-refractivity contribution in [1.82, 2.24) is 4.90 Å². The van der Waals surface area contributed by atoms with Crippen molar-refractivity contribution in [2.24, 2.45) is 5.73 Å². The van der Waals surface area contributed by atoms with Crippen LogP contribution in [-0.2, 0) is 4.74 Å². The summed E-state index contributed by atoms with van der Waals surface area (Å²) < 4.78 is 4.95. The number of nitrogens with two attached hydrogens (primary N) is 1. The van der Waals surface area contributed by atoms with Crippen molar-refractivity contribution in [2.45, 2.75) is 32.5 Å². The summed E-state index contributed by atoms with van der Waals surface area (Å²) in [7, 11) is 4.10. The molecule has 16 heavy (non-hydrogen) atoms. The standard InChI is InChI=1S/C6H14O3.C5H14N2/c1-5(8)4-9-6(2)3-7;1-7(2)5-3-4-6/h5-8H,3-4H2,1-2H3;3-6H2,1-2H3. The third-order valence-electron chi connectivity index (χ3n) is 1.69. The van der Waals surface area contributed by atoms with Crippen molar-refractivity contribution in [3.8, 4) is 0 Å². The van der Waals surface area contributed by atoms with Gasteiger partial charge in [-0.05, 0) is 47.5 Å². The smallest absolute Gasteiger partial charge is 0.0779 e. The monoisotopic (exact) mass is 236 g/mol. The maximum Gasteiger partial charge on any atom is 0.0779 e. The summed E-state index contributed by atoms with van der Waals surface area (Å²) >= 11 is 0. The quantitative estimate of drug-likeness (QED) is 0.564. The molecule has 5 heteroatoms. The summed E-state index contributed by atoms with van der Waals surface area (Å²) in [6.45, 7) is 5.61. The predicted octanol–water partition coefficient (Wildman–Crippen LogP) is -0.339. The van der Waals surface area contributed by atoms with E-state index in [-0.39, 0.29) is 12.7 Å². The first-order valence-corrected chi connectivity index (χ1v) is 5.69. The molecule has 2 unspecified atom stereocenters. The van der Waals surface area contributed by atoms with Gasteiger partial charge in [0, 0.05) is 0 Å². The van der Waals surface area contributed by atoms with Crippen molar-refractivity contribution in [3.63, 3.8) is 0 Å². The normalized spacial score (nSPS) is 14.2. The summed E-state index contributed by atoms with van der Waals surface area (Å²) in [6.07, 6.45) is 0.492. The lowest BCUT2D eigenvalue weighted by atomic mass is 10.4. The van der Waals surface area contributed by atoms with Crippen LogP contribution in [-0.4, -0.2) is 67.7 Å². The first-order chi connectivity index (χ1) is 7.43. The largest absolute Gasteiger partial charge is 0.394 e. The maximum absolute atomic E-state index is 8.69. The van der Waals surface area contributed by atoms with Crippen LogP contribution in [0.1, 0.15) is 20.3 Å². The van der Waals surface area contributed by atoms with E-state index >= 15 is 0 Å². The lowest BCUT2D eigenvalue weighted by molar-refractivity contribution is -0.0177. The highest BCUT2D eigenvalue weighted by Crippen LogP contribution is 1.90. The van der Waals surface area contributed by atoms with E-state index in [2.05, 4.69) is 19.0 Å². The van der Waals surface area contributed by atoms with Gasteiger partial charge in [-0.15, -0.1) is 0 Å². The highest BCUT2D eigenvalue weighted by Gasteiger charge is 2.00. The summed E-state index contributed by atoms with van der Waals surface area (Å²) in [5, 5.41) is 17.1. The molecule has 4 N–H and O–H groups in total. The van der Waals surface area contributed by atoms with Crippen molar-refractivity contribution in [3.05, 3.63) is 0 Å². The Bertz CT molecular complexity index is 132. The molecule has 0 aromatic heterocycles. The third-order valence-corrected chi connectivity index (χ3v) is 1.69. The van der Waals surface area contributed by atoms with Gasteiger partial charge >= 0.3 is 0 Å². The molecular weight excluding hydrogens is 208 g/mol. The van der Waals surface area contributed by atoms with Crippen LogP contribution in [0.5, 0.6) is 0 Å². The summed E-state index contributed by atoms with van der Waals surface area (Å²) in [5.41, 5.74) is 5.25. The van der Waals surface area contributed by atoms with Gasteiger partial charge in [0.25, 0.3) is 0 Å². The molecule has 0 saturated heterocycles. The molecule has 0 aromatic carbocycles. The zero-order chi connectivity index (χ0) is 13.0. The molecule has 0 saturated carbocycles. The number of aliphatic hydroxyl groups excluding tert-OH is 2. The van der Waals surface area contributed by atoms with E-state index in [0.717, 1.165) is 19.5 Å². The van der Waals surface area contributed by atoms with Crippen molar-refractivity contribution in [2.75, 3.05) is 40.4 Å². The van der Waals surface area contributed by atoms with E-state index in [1.807, 2.05) is 0 Å². The summed E-state index contributed by atoms with van der Waals surface area (Å²) in [6, 6.07) is 0. The highest BCUT2D eigenvalue weighted by molar-refractivity contribution is 4.47. The van der Waals surface area contributed by atoms with Gasteiger partial charge in [0.2, 0.25) is 0 Å². The van der Waals surface area contributed by atoms with Gasteiger partial charge in [0.1, 0.15) is 0 Å². The first-order valence-electron chi connectivity index (χ1n) is 5.69. The average Bonchev–Trinajstić information content (AvgIpc) is 2.23. The molecule has 0 aliphatic heterocycles. The van der Waals surface area contributed by atoms with Crippen LogP contribution in [0.4, 0.5) is 0 Å². The van der Waals surface area contributed by atoms with Crippen LogP contribution in [0.15, 0.2) is 0 Å². The second kappa shape index (κ2) is 12.9. The molecule has 5 nitrogen and oxygen atoms in total. The van der Waals surface area contributed by atoms with Crippen molar-refractivity contribution >= 4 is 0 Å². The zero-order valence-electron chi connectivity index (χ0n) is 11.0. The van der Waals surface area contributed by atoms with Crippen molar-refractivity contribution in [1.29, 1.82) is 0 Å². The fourth-order valence-corrected chi connectivity index (χ4v) is 0.764. The van der Waals surface area contributed by atoms with Crippen LogP contribution >= 0.6 is 0 Å². The molecule has 2 atom stereocenters. The fraction of sp³-hybridized carbons (Fsp3) is 1.00. The molecule has 100 valence electrons. The minimum atomic E-state index is -0.445. The second-order valence-electron chi connectivity index (χ2n) is 4.12. The molecule has 0 radical (unpaired) electrons. The predicted molar refractivity (Wildman–Crippen MR) is 66.4 cm³/mol. The Labute approximate surface area is 99.2 Å². The molecule has 0 aliphatic carbocycles. The third kappa shape index (κ3) is 19.4. The molecule has 0 rings (SSSR count). The SMILES string of the molecule is CC(O)COC(C)CO.CN(C)CCCN. The van der Waals surface area contributed by atoms with E-state index in [1.54, 1.807) is 13.8 Å². The Kier molecular flexibility index (Phi) is 14.6. The number of aliphatic hydroxyl groups is 2. The Hall–Kier alpha value is -0.200. The lowest BCUT2D eigenvalue weighted by Gasteiger charge is -2.10. The molecule has 0 fully saturated rings. The van der Waals surface area contributed by atoms with Gasteiger partial charge in [-0.1, -0.05) is 0 Å². The Morgan fingerprint density at radius 2 is 1.88 bits per heavy atom. The zero-order valence-corrected chi connectivity index (χ0v) is 11.0. The second-order valence-corrected chi connectivity index (χ2v) is 4.12. The molecule has 0 heterocycles. The number of ether oxygens (including phenoxy) is 1. The molecule has 0 aromatic rings. The van der Waals surface area contributed by atoms with Gasteiger partial charge in [0.05, 0.1) is 25.4 Å². The molecule has 0 aliphatic rings. The van der Waals surface area contributed by atoms with Gasteiger partial charge in [-0.2, -0.15) is 0 Å². The Balaban J connectivity index is 0. The topological polar surface area (TPSA) is 79.0 Å². The van der Waals surface area contributed by atoms with Crippen LogP contribution in [0.25, 0.3) is 0 Å².